The Morgan fingerprint density at radius 1 is 0.886 bits per heavy atom. The van der Waals surface area contributed by atoms with Crippen LogP contribution >= 0.6 is 11.6 Å². The van der Waals surface area contributed by atoms with E-state index in [2.05, 4.69) is 5.32 Å². The molecule has 0 aliphatic rings. The topological polar surface area (TPSA) is 86.8 Å². The molecule has 1 unspecified atom stereocenters. The lowest BCUT2D eigenvalue weighted by atomic mass is 10.0. The number of sulfonamides is 1. The molecular formula is C34H35ClFN3O4S. The third kappa shape index (κ3) is 8.24. The highest BCUT2D eigenvalue weighted by Gasteiger charge is 2.34. The third-order valence-electron chi connectivity index (χ3n) is 7.12. The number of halogens is 2. The summed E-state index contributed by atoms with van der Waals surface area (Å²) in [4.78, 5) is 29.3. The van der Waals surface area contributed by atoms with Gasteiger partial charge in [0.05, 0.1) is 10.6 Å². The van der Waals surface area contributed by atoms with E-state index in [1.54, 1.807) is 48.5 Å². The van der Waals surface area contributed by atoms with Gasteiger partial charge in [-0.15, -0.1) is 0 Å². The Bertz CT molecular complexity index is 1670. The van der Waals surface area contributed by atoms with E-state index in [9.17, 15) is 22.4 Å². The molecule has 4 aromatic rings. The maximum Gasteiger partial charge on any atom is 0.264 e. The number of carbonyl (C=O) groups is 2. The average molecular weight is 636 g/mol. The number of carbonyl (C=O) groups excluding carboxylic acids is 2. The van der Waals surface area contributed by atoms with Gasteiger partial charge in [0, 0.05) is 24.5 Å². The molecule has 0 aromatic heterocycles. The van der Waals surface area contributed by atoms with Crippen LogP contribution in [0.4, 0.5) is 10.1 Å². The summed E-state index contributed by atoms with van der Waals surface area (Å²) < 4.78 is 42.6. The second kappa shape index (κ2) is 15.0. The normalized spacial score (nSPS) is 11.9. The van der Waals surface area contributed by atoms with Crippen LogP contribution in [-0.2, 0) is 32.6 Å². The summed E-state index contributed by atoms with van der Waals surface area (Å²) >= 11 is 6.51. The highest BCUT2D eigenvalue weighted by Crippen LogP contribution is 2.26. The zero-order valence-electron chi connectivity index (χ0n) is 24.6. The quantitative estimate of drug-likeness (QED) is 0.191. The standard InChI is InChI=1S/C34H35ClFN3O4S/c1-3-21-37-34(41)32(22-26-9-5-4-6-10-26)38(23-27-11-7-8-12-31(27)35)33(40)24-39(29-17-13-25(2)14-18-29)44(42,43)30-19-15-28(36)16-20-30/h4-20,32H,3,21-24H2,1-2H3,(H,37,41). The summed E-state index contributed by atoms with van der Waals surface area (Å²) in [5.74, 6) is -1.56. The van der Waals surface area contributed by atoms with Crippen molar-refractivity contribution in [1.82, 2.24) is 10.2 Å². The molecule has 1 atom stereocenters. The molecule has 7 nitrogen and oxygen atoms in total. The summed E-state index contributed by atoms with van der Waals surface area (Å²) in [6.07, 6.45) is 0.890. The number of amides is 2. The molecule has 0 fully saturated rings. The van der Waals surface area contributed by atoms with Gasteiger partial charge in [-0.1, -0.05) is 84.8 Å². The molecule has 4 rings (SSSR count). The fourth-order valence-electron chi connectivity index (χ4n) is 4.70. The molecule has 230 valence electrons. The molecule has 0 spiro atoms. The van der Waals surface area contributed by atoms with Crippen molar-refractivity contribution >= 4 is 39.1 Å². The van der Waals surface area contributed by atoms with Gasteiger partial charge in [-0.05, 0) is 66.9 Å². The van der Waals surface area contributed by atoms with Gasteiger partial charge in [0.25, 0.3) is 10.0 Å². The summed E-state index contributed by atoms with van der Waals surface area (Å²) in [5.41, 5.74) is 2.58. The SMILES string of the molecule is CCCNC(=O)C(Cc1ccccc1)N(Cc1ccccc1Cl)C(=O)CN(c1ccc(C)cc1)S(=O)(=O)c1ccc(F)cc1. The van der Waals surface area contributed by atoms with Crippen LogP contribution in [0.2, 0.25) is 5.02 Å². The van der Waals surface area contributed by atoms with E-state index in [-0.39, 0.29) is 29.5 Å². The Kier molecular flexibility index (Phi) is 11.1. The minimum Gasteiger partial charge on any atom is -0.354 e. The van der Waals surface area contributed by atoms with E-state index < -0.39 is 34.3 Å². The van der Waals surface area contributed by atoms with Crippen molar-refractivity contribution in [2.75, 3.05) is 17.4 Å². The summed E-state index contributed by atoms with van der Waals surface area (Å²) in [6.45, 7) is 3.56. The van der Waals surface area contributed by atoms with Crippen molar-refractivity contribution < 1.29 is 22.4 Å². The van der Waals surface area contributed by atoms with Gasteiger partial charge in [-0.3, -0.25) is 13.9 Å². The van der Waals surface area contributed by atoms with Gasteiger partial charge in [0.2, 0.25) is 11.8 Å². The Morgan fingerprint density at radius 3 is 2.16 bits per heavy atom. The van der Waals surface area contributed by atoms with E-state index in [0.717, 1.165) is 39.7 Å². The fraction of sp³-hybridized carbons (Fsp3) is 0.235. The predicted octanol–water partition coefficient (Wildman–Crippen LogP) is 6.15. The van der Waals surface area contributed by atoms with Crippen molar-refractivity contribution in [2.45, 2.75) is 44.2 Å². The molecule has 0 heterocycles. The molecule has 1 N–H and O–H groups in total. The molecular weight excluding hydrogens is 601 g/mol. The lowest BCUT2D eigenvalue weighted by molar-refractivity contribution is -0.140. The van der Waals surface area contributed by atoms with Crippen LogP contribution in [0.5, 0.6) is 0 Å². The Hall–Kier alpha value is -4.21. The first-order valence-corrected chi connectivity index (χ1v) is 16.1. The van der Waals surface area contributed by atoms with Crippen LogP contribution in [0.25, 0.3) is 0 Å². The summed E-state index contributed by atoms with van der Waals surface area (Å²) in [6, 6.07) is 26.5. The van der Waals surface area contributed by atoms with Crippen LogP contribution in [0.15, 0.2) is 108 Å². The molecule has 0 bridgehead atoms. The lowest BCUT2D eigenvalue weighted by Crippen LogP contribution is -2.53. The molecule has 2 amide bonds. The van der Waals surface area contributed by atoms with Gasteiger partial charge in [0.1, 0.15) is 18.4 Å². The Balaban J connectivity index is 1.80. The lowest BCUT2D eigenvalue weighted by Gasteiger charge is -2.34. The number of anilines is 1. The van der Waals surface area contributed by atoms with E-state index in [1.807, 2.05) is 44.2 Å². The molecule has 0 aliphatic heterocycles. The van der Waals surface area contributed by atoms with E-state index in [4.69, 9.17) is 11.6 Å². The molecule has 10 heteroatoms. The smallest absolute Gasteiger partial charge is 0.264 e. The third-order valence-corrected chi connectivity index (χ3v) is 9.28. The predicted molar refractivity (Wildman–Crippen MR) is 171 cm³/mol. The van der Waals surface area contributed by atoms with Gasteiger partial charge >= 0.3 is 0 Å². The van der Waals surface area contributed by atoms with E-state index in [0.29, 0.717) is 23.6 Å². The van der Waals surface area contributed by atoms with Crippen molar-refractivity contribution in [1.29, 1.82) is 0 Å². The van der Waals surface area contributed by atoms with Crippen molar-refractivity contribution in [3.05, 3.63) is 131 Å². The van der Waals surface area contributed by atoms with E-state index >= 15 is 0 Å². The highest BCUT2D eigenvalue weighted by atomic mass is 35.5. The van der Waals surface area contributed by atoms with Crippen molar-refractivity contribution in [3.63, 3.8) is 0 Å². The zero-order valence-corrected chi connectivity index (χ0v) is 26.2. The first kappa shape index (κ1) is 32.7. The second-order valence-electron chi connectivity index (χ2n) is 10.4. The van der Waals surface area contributed by atoms with Crippen molar-refractivity contribution in [2.24, 2.45) is 0 Å². The zero-order chi connectivity index (χ0) is 31.7. The number of hydrogen-bond donors (Lipinski definition) is 1. The molecule has 0 saturated carbocycles. The molecule has 0 saturated heterocycles. The number of benzene rings is 4. The maximum atomic E-state index is 14.4. The van der Waals surface area contributed by atoms with Gasteiger partial charge in [-0.2, -0.15) is 0 Å². The minimum atomic E-state index is -4.32. The number of hydrogen-bond acceptors (Lipinski definition) is 4. The highest BCUT2D eigenvalue weighted by molar-refractivity contribution is 7.92. The first-order chi connectivity index (χ1) is 21.1. The van der Waals surface area contributed by atoms with Crippen LogP contribution in [0.3, 0.4) is 0 Å². The number of nitrogens with one attached hydrogen (secondary N) is 1. The summed E-state index contributed by atoms with van der Waals surface area (Å²) in [5, 5.41) is 3.32. The van der Waals surface area contributed by atoms with Gasteiger partial charge in [0.15, 0.2) is 0 Å². The molecule has 0 radical (unpaired) electrons. The van der Waals surface area contributed by atoms with Crippen LogP contribution in [-0.4, -0.2) is 44.3 Å². The number of aryl methyl sites for hydroxylation is 1. The minimum absolute atomic E-state index is 0.0338. The van der Waals surface area contributed by atoms with Gasteiger partial charge < -0.3 is 10.2 Å². The monoisotopic (exact) mass is 635 g/mol. The van der Waals surface area contributed by atoms with Gasteiger partial charge in [-0.25, -0.2) is 12.8 Å². The maximum absolute atomic E-state index is 14.4. The average Bonchev–Trinajstić information content (AvgIpc) is 3.02. The molecule has 0 aliphatic carbocycles. The van der Waals surface area contributed by atoms with E-state index in [1.165, 1.54) is 4.90 Å². The number of nitrogens with zero attached hydrogens (tertiary/aromatic N) is 2. The van der Waals surface area contributed by atoms with Crippen LogP contribution < -0.4 is 9.62 Å². The number of rotatable bonds is 13. The summed E-state index contributed by atoms with van der Waals surface area (Å²) in [7, 11) is -4.32. The fourth-order valence-corrected chi connectivity index (χ4v) is 6.31. The van der Waals surface area contributed by atoms with Crippen LogP contribution in [0, 0.1) is 12.7 Å². The Morgan fingerprint density at radius 2 is 1.52 bits per heavy atom. The second-order valence-corrected chi connectivity index (χ2v) is 12.7. The molecule has 4 aromatic carbocycles. The van der Waals surface area contributed by atoms with Crippen LogP contribution in [0.1, 0.15) is 30.0 Å². The van der Waals surface area contributed by atoms with Crippen molar-refractivity contribution in [3.8, 4) is 0 Å². The Labute approximate surface area is 263 Å². The molecule has 44 heavy (non-hydrogen) atoms. The first-order valence-electron chi connectivity index (χ1n) is 14.3. The largest absolute Gasteiger partial charge is 0.354 e.